The van der Waals surface area contributed by atoms with Gasteiger partial charge in [-0.1, -0.05) is 23.2 Å². The van der Waals surface area contributed by atoms with Crippen LogP contribution in [-0.2, 0) is 0 Å². The number of anilines is 1. The van der Waals surface area contributed by atoms with Gasteiger partial charge < -0.3 is 5.73 Å². The van der Waals surface area contributed by atoms with Gasteiger partial charge in [0.05, 0.1) is 15.7 Å². The molecule has 3 nitrogen and oxygen atoms in total. The molecule has 2 rings (SSSR count). The van der Waals surface area contributed by atoms with E-state index in [0.29, 0.717) is 5.69 Å². The molecule has 0 radical (unpaired) electrons. The fourth-order valence-corrected chi connectivity index (χ4v) is 1.69. The van der Waals surface area contributed by atoms with Crippen molar-refractivity contribution >= 4 is 29.2 Å². The van der Waals surface area contributed by atoms with Gasteiger partial charge in [0.25, 0.3) is 0 Å². The van der Waals surface area contributed by atoms with Crippen molar-refractivity contribution in [2.75, 3.05) is 5.73 Å². The molecule has 0 bridgehead atoms. The van der Waals surface area contributed by atoms with Gasteiger partial charge in [0, 0.05) is 12.4 Å². The van der Waals surface area contributed by atoms with Crippen molar-refractivity contribution in [2.45, 2.75) is 0 Å². The van der Waals surface area contributed by atoms with Crippen LogP contribution in [-0.4, -0.2) is 9.55 Å². The lowest BCUT2D eigenvalue weighted by molar-refractivity contribution is 0.628. The largest absolute Gasteiger partial charge is 0.369 e. The minimum atomic E-state index is -0.638. The molecule has 2 N–H and O–H groups in total. The monoisotopic (exact) mass is 245 g/mol. The Hall–Kier alpha value is -1.26. The van der Waals surface area contributed by atoms with Gasteiger partial charge in [-0.25, -0.2) is 9.37 Å². The molecule has 0 saturated heterocycles. The minimum absolute atomic E-state index is 0.0504. The Morgan fingerprint density at radius 3 is 2.33 bits per heavy atom. The van der Waals surface area contributed by atoms with E-state index in [0.717, 1.165) is 0 Å². The van der Waals surface area contributed by atoms with Crippen molar-refractivity contribution in [3.8, 4) is 5.69 Å². The third-order valence-corrected chi connectivity index (χ3v) is 2.47. The Bertz CT molecular complexity index is 487. The lowest BCUT2D eigenvalue weighted by Crippen LogP contribution is -2.00. The van der Waals surface area contributed by atoms with E-state index >= 15 is 0 Å². The van der Waals surface area contributed by atoms with Crippen LogP contribution in [0.2, 0.25) is 10.0 Å². The first-order chi connectivity index (χ1) is 7.09. The molecule has 78 valence electrons. The zero-order chi connectivity index (χ0) is 11.0. The van der Waals surface area contributed by atoms with E-state index in [1.165, 1.54) is 18.3 Å². The molecule has 0 saturated carbocycles. The predicted molar refractivity (Wildman–Crippen MR) is 58.0 cm³/mol. The van der Waals surface area contributed by atoms with Crippen LogP contribution < -0.4 is 5.73 Å². The maximum atomic E-state index is 13.1. The summed E-state index contributed by atoms with van der Waals surface area (Å²) in [5.41, 5.74) is 6.15. The number of aromatic nitrogens is 2. The lowest BCUT2D eigenvalue weighted by Gasteiger charge is -2.06. The molecule has 0 aliphatic carbocycles. The molecule has 0 unspecified atom stereocenters. The Labute approximate surface area is 95.2 Å². The summed E-state index contributed by atoms with van der Waals surface area (Å²) in [6, 6.07) is 2.86. The van der Waals surface area contributed by atoms with E-state index in [9.17, 15) is 4.39 Å². The fraction of sp³-hybridized carbons (Fsp3) is 0. The van der Waals surface area contributed by atoms with Crippen LogP contribution in [0.5, 0.6) is 0 Å². The Morgan fingerprint density at radius 2 is 1.87 bits per heavy atom. The summed E-state index contributed by atoms with van der Waals surface area (Å²) < 4.78 is 14.7. The molecule has 0 amide bonds. The molecule has 1 aromatic carbocycles. The fourth-order valence-electron chi connectivity index (χ4n) is 1.21. The molecule has 6 heteroatoms. The highest BCUT2D eigenvalue weighted by Gasteiger charge is 2.09. The van der Waals surface area contributed by atoms with Gasteiger partial charge in [-0.15, -0.1) is 0 Å². The Kier molecular flexibility index (Phi) is 2.54. The first-order valence-electron chi connectivity index (χ1n) is 4.03. The summed E-state index contributed by atoms with van der Waals surface area (Å²) in [7, 11) is 0. The number of rotatable bonds is 1. The van der Waals surface area contributed by atoms with Gasteiger partial charge in [0.2, 0.25) is 5.95 Å². The van der Waals surface area contributed by atoms with E-state index in [2.05, 4.69) is 4.98 Å². The molecule has 2 aromatic rings. The Morgan fingerprint density at radius 1 is 1.27 bits per heavy atom. The second-order valence-corrected chi connectivity index (χ2v) is 3.69. The molecule has 15 heavy (non-hydrogen) atoms. The highest BCUT2D eigenvalue weighted by atomic mass is 35.5. The van der Waals surface area contributed by atoms with Crippen LogP contribution in [0.4, 0.5) is 10.3 Å². The molecular weight excluding hydrogens is 240 g/mol. The van der Waals surface area contributed by atoms with Crippen molar-refractivity contribution in [2.24, 2.45) is 0 Å². The maximum Gasteiger partial charge on any atom is 0.204 e. The van der Waals surface area contributed by atoms with E-state index in [-0.39, 0.29) is 16.0 Å². The zero-order valence-electron chi connectivity index (χ0n) is 7.42. The lowest BCUT2D eigenvalue weighted by atomic mass is 10.3. The normalized spacial score (nSPS) is 10.6. The smallest absolute Gasteiger partial charge is 0.204 e. The number of nitrogens with zero attached hydrogens (tertiary/aromatic N) is 2. The third-order valence-electron chi connectivity index (χ3n) is 1.92. The van der Waals surface area contributed by atoms with Crippen LogP contribution in [0.1, 0.15) is 0 Å². The standard InChI is InChI=1S/C9H6Cl2FN3/c10-6-3-5(4-7(11)8(6)12)15-2-1-14-9(15)13/h1-4H,(H2,13,14). The average Bonchev–Trinajstić information content (AvgIpc) is 2.60. The van der Waals surface area contributed by atoms with Crippen LogP contribution in [0.15, 0.2) is 24.5 Å². The van der Waals surface area contributed by atoms with Crippen LogP contribution in [0.25, 0.3) is 5.69 Å². The SMILES string of the molecule is Nc1nccn1-c1cc(Cl)c(F)c(Cl)c1. The summed E-state index contributed by atoms with van der Waals surface area (Å²) >= 11 is 11.3. The molecule has 0 fully saturated rings. The maximum absolute atomic E-state index is 13.1. The van der Waals surface area contributed by atoms with E-state index in [1.54, 1.807) is 10.8 Å². The van der Waals surface area contributed by atoms with Crippen molar-refractivity contribution in [1.29, 1.82) is 0 Å². The summed E-state index contributed by atoms with van der Waals surface area (Å²) in [6.45, 7) is 0. The van der Waals surface area contributed by atoms with Crippen molar-refractivity contribution in [1.82, 2.24) is 9.55 Å². The highest BCUT2D eigenvalue weighted by Crippen LogP contribution is 2.27. The Balaban J connectivity index is 2.60. The molecule has 1 heterocycles. The number of nitrogen functional groups attached to an aromatic ring is 1. The number of nitrogens with two attached hydrogens (primary N) is 1. The molecule has 0 aliphatic heterocycles. The number of halogens is 3. The number of benzene rings is 1. The van der Waals surface area contributed by atoms with Gasteiger partial charge in [0.1, 0.15) is 0 Å². The summed E-state index contributed by atoms with van der Waals surface area (Å²) in [6.07, 6.45) is 3.16. The number of hydrogen-bond donors (Lipinski definition) is 1. The summed E-state index contributed by atoms with van der Waals surface area (Å²) in [5.74, 6) is -0.352. The first kappa shape index (κ1) is 10.3. The van der Waals surface area contributed by atoms with Crippen LogP contribution in [0, 0.1) is 5.82 Å². The van der Waals surface area contributed by atoms with Gasteiger partial charge in [-0.2, -0.15) is 0 Å². The van der Waals surface area contributed by atoms with Gasteiger partial charge in [0.15, 0.2) is 5.82 Å². The molecule has 0 spiro atoms. The quantitative estimate of drug-likeness (QED) is 0.786. The van der Waals surface area contributed by atoms with Gasteiger partial charge in [-0.05, 0) is 12.1 Å². The average molecular weight is 246 g/mol. The highest BCUT2D eigenvalue weighted by molar-refractivity contribution is 6.35. The molecule has 0 aliphatic rings. The van der Waals surface area contributed by atoms with Crippen molar-refractivity contribution < 1.29 is 4.39 Å². The molecular formula is C9H6Cl2FN3. The summed E-state index contributed by atoms with van der Waals surface area (Å²) in [5, 5.41) is -0.101. The third kappa shape index (κ3) is 1.78. The second-order valence-electron chi connectivity index (χ2n) is 2.88. The second kappa shape index (κ2) is 3.72. The number of hydrogen-bond acceptors (Lipinski definition) is 2. The topological polar surface area (TPSA) is 43.8 Å². The summed E-state index contributed by atoms with van der Waals surface area (Å²) in [4.78, 5) is 3.84. The zero-order valence-corrected chi connectivity index (χ0v) is 8.93. The molecule has 1 aromatic heterocycles. The van der Waals surface area contributed by atoms with E-state index < -0.39 is 5.82 Å². The van der Waals surface area contributed by atoms with Crippen LogP contribution >= 0.6 is 23.2 Å². The first-order valence-corrected chi connectivity index (χ1v) is 4.79. The van der Waals surface area contributed by atoms with Crippen molar-refractivity contribution in [3.05, 3.63) is 40.4 Å². The molecule has 0 atom stereocenters. The number of imidazole rings is 1. The van der Waals surface area contributed by atoms with Crippen molar-refractivity contribution in [3.63, 3.8) is 0 Å². The van der Waals surface area contributed by atoms with Crippen LogP contribution in [0.3, 0.4) is 0 Å². The van der Waals surface area contributed by atoms with E-state index in [4.69, 9.17) is 28.9 Å². The van der Waals surface area contributed by atoms with Gasteiger partial charge in [-0.3, -0.25) is 4.57 Å². The van der Waals surface area contributed by atoms with E-state index in [1.807, 2.05) is 0 Å². The predicted octanol–water partition coefficient (Wildman–Crippen LogP) is 2.90. The minimum Gasteiger partial charge on any atom is -0.369 e. The van der Waals surface area contributed by atoms with Gasteiger partial charge >= 0.3 is 0 Å².